The number of thiophene rings is 1. The van der Waals surface area contributed by atoms with Crippen LogP contribution in [0.15, 0.2) is 182 Å². The molecule has 1 aromatic heterocycles. The van der Waals surface area contributed by atoms with Gasteiger partial charge in [0, 0.05) is 62.4 Å². The van der Waals surface area contributed by atoms with Crippen molar-refractivity contribution in [3.8, 4) is 22.3 Å². The van der Waals surface area contributed by atoms with Crippen molar-refractivity contribution in [1.29, 1.82) is 0 Å². The molecule has 5 aliphatic rings. The van der Waals surface area contributed by atoms with Crippen LogP contribution in [-0.4, -0.2) is 7.05 Å². The van der Waals surface area contributed by atoms with E-state index in [1.54, 1.807) is 5.57 Å². The van der Waals surface area contributed by atoms with Gasteiger partial charge in [-0.05, 0) is 147 Å². The molecule has 0 bridgehead atoms. The molecule has 0 aliphatic heterocycles. The van der Waals surface area contributed by atoms with Crippen molar-refractivity contribution < 1.29 is 0 Å². The van der Waals surface area contributed by atoms with Crippen molar-refractivity contribution in [2.75, 3.05) is 16.8 Å². The Morgan fingerprint density at radius 2 is 1.21 bits per heavy atom. The first-order valence-electron chi connectivity index (χ1n) is 24.4. The minimum Gasteiger partial charge on any atom is -0.345 e. The third-order valence-electron chi connectivity index (χ3n) is 15.7. The molecule has 0 spiro atoms. The lowest BCUT2D eigenvalue weighted by Gasteiger charge is -2.31. The zero-order valence-electron chi connectivity index (χ0n) is 39.6. The van der Waals surface area contributed by atoms with E-state index in [4.69, 9.17) is 0 Å². The highest BCUT2D eigenvalue weighted by Crippen LogP contribution is 2.55. The van der Waals surface area contributed by atoms with Crippen molar-refractivity contribution in [3.63, 3.8) is 0 Å². The van der Waals surface area contributed by atoms with Gasteiger partial charge < -0.3 is 9.80 Å². The summed E-state index contributed by atoms with van der Waals surface area (Å²) in [6.07, 6.45) is 19.2. The number of anilines is 4. The van der Waals surface area contributed by atoms with Crippen molar-refractivity contribution in [1.82, 2.24) is 0 Å². The van der Waals surface area contributed by atoms with Gasteiger partial charge in [0.15, 0.2) is 0 Å². The zero-order chi connectivity index (χ0) is 45.6. The third kappa shape index (κ3) is 6.72. The monoisotopic (exact) mass is 886 g/mol. The maximum atomic E-state index is 2.56. The molecule has 2 atom stereocenters. The quantitative estimate of drug-likeness (QED) is 0.170. The summed E-state index contributed by atoms with van der Waals surface area (Å²) in [7, 11) is 2.13. The number of hydrogen-bond acceptors (Lipinski definition) is 3. The number of allylic oxidation sites excluding steroid dienone is 6. The lowest BCUT2D eigenvalue weighted by atomic mass is 9.76. The molecule has 5 aliphatic carbocycles. The molecule has 13 rings (SSSR count). The van der Waals surface area contributed by atoms with Gasteiger partial charge in [-0.3, -0.25) is 0 Å². The summed E-state index contributed by atoms with van der Waals surface area (Å²) in [5.74, 6) is 1.26. The Kier molecular flexibility index (Phi) is 9.96. The fourth-order valence-corrected chi connectivity index (χ4v) is 13.3. The predicted octanol–water partition coefficient (Wildman–Crippen LogP) is 17.9. The number of fused-ring (bicyclic) bond motifs is 13. The topological polar surface area (TPSA) is 6.48 Å². The average Bonchev–Trinajstić information content (AvgIpc) is 3.95. The molecule has 3 heteroatoms. The van der Waals surface area contributed by atoms with Gasteiger partial charge in [-0.25, -0.2) is 0 Å². The summed E-state index contributed by atoms with van der Waals surface area (Å²) in [4.78, 5) is 6.22. The fourth-order valence-electron chi connectivity index (χ4n) is 12.1. The first-order valence-corrected chi connectivity index (χ1v) is 25.2. The van der Waals surface area contributed by atoms with Crippen LogP contribution in [0, 0.1) is 11.8 Å². The summed E-state index contributed by atoms with van der Waals surface area (Å²) in [6.45, 7) is 11.8. The minimum atomic E-state index is -0.0461. The lowest BCUT2D eigenvalue weighted by molar-refractivity contribution is 0.484. The van der Waals surface area contributed by atoms with E-state index in [0.29, 0.717) is 5.92 Å². The molecular weight excluding hydrogens is 829 g/mol. The smallest absolute Gasteiger partial charge is 0.0646 e. The molecule has 2 unspecified atom stereocenters. The molecule has 0 saturated heterocycles. The van der Waals surface area contributed by atoms with Gasteiger partial charge in [0.1, 0.15) is 0 Å². The first-order chi connectivity index (χ1) is 32.6. The van der Waals surface area contributed by atoms with Crippen molar-refractivity contribution in [2.45, 2.75) is 71.1 Å². The van der Waals surface area contributed by atoms with E-state index in [1.165, 1.54) is 117 Å². The molecule has 330 valence electrons. The van der Waals surface area contributed by atoms with Crippen molar-refractivity contribution in [2.24, 2.45) is 11.8 Å². The van der Waals surface area contributed by atoms with Gasteiger partial charge in [0.25, 0.3) is 0 Å². The molecule has 0 fully saturated rings. The van der Waals surface area contributed by atoms with Gasteiger partial charge in [-0.1, -0.05) is 162 Å². The molecule has 67 heavy (non-hydrogen) atoms. The fraction of sp³-hybridized carbons (Fsp3) is 0.219. The summed E-state index contributed by atoms with van der Waals surface area (Å²) < 4.78 is 1.39. The molecule has 7 aromatic carbocycles. The standard InChI is InChI=1S/C42H37NS.C22H21N/c1-26-17-20-32-28(23-26)18-22-38-39(32)40-31-14-8-7-11-27(31)24-37(41(40)44-38)43(29-12-5-4-6-13-29)30-19-21-34-33-15-9-10-16-35(33)42(2,3)36(34)25-30;1-22(2)20-12-8-7-11-18(20)19-14-13-17(15-21(19)22)23(3)16-9-5-4-6-10-16/h5,7-16,18-22,24-26,28H,4,6,17,23H2,1-3H3;4-15H,1-3H3. The largest absolute Gasteiger partial charge is 0.345 e. The molecule has 0 saturated carbocycles. The number of nitrogens with zero attached hydrogens (tertiary/aromatic N) is 2. The SMILES string of the molecule is CC1CC=C2c3c(sc4c(N(C5=CCCC=C5)c5ccc6c(c5)C(C)(C)c5ccccc5-6)cc5ccccc5c34)C=CC2C1.CN(c1ccccc1)c1ccc2c(c1)C(C)(C)c1ccccc1-2. The van der Waals surface area contributed by atoms with E-state index >= 15 is 0 Å². The lowest BCUT2D eigenvalue weighted by Crippen LogP contribution is -2.19. The van der Waals surface area contributed by atoms with E-state index in [-0.39, 0.29) is 10.8 Å². The van der Waals surface area contributed by atoms with Gasteiger partial charge >= 0.3 is 0 Å². The van der Waals surface area contributed by atoms with Crippen LogP contribution in [0.4, 0.5) is 22.7 Å². The summed E-state index contributed by atoms with van der Waals surface area (Å²) in [5.41, 5.74) is 20.5. The maximum absolute atomic E-state index is 2.56. The van der Waals surface area contributed by atoms with Crippen LogP contribution >= 0.6 is 11.3 Å². The molecule has 0 amide bonds. The van der Waals surface area contributed by atoms with E-state index < -0.39 is 0 Å². The zero-order valence-corrected chi connectivity index (χ0v) is 40.4. The van der Waals surface area contributed by atoms with Crippen LogP contribution in [0.3, 0.4) is 0 Å². The maximum Gasteiger partial charge on any atom is 0.0646 e. The summed E-state index contributed by atoms with van der Waals surface area (Å²) in [6, 6.07) is 53.8. The number of para-hydroxylation sites is 1. The van der Waals surface area contributed by atoms with Gasteiger partial charge in [0.05, 0.1) is 10.4 Å². The second kappa shape index (κ2) is 16.0. The van der Waals surface area contributed by atoms with E-state index in [0.717, 1.165) is 18.8 Å². The number of rotatable bonds is 5. The molecule has 1 heterocycles. The molecule has 0 N–H and O–H groups in total. The minimum absolute atomic E-state index is 0.0461. The van der Waals surface area contributed by atoms with Crippen LogP contribution in [0.1, 0.15) is 93.0 Å². The second-order valence-electron chi connectivity index (χ2n) is 20.5. The highest BCUT2D eigenvalue weighted by molar-refractivity contribution is 7.21. The summed E-state index contributed by atoms with van der Waals surface area (Å²) in [5, 5.41) is 4.12. The van der Waals surface area contributed by atoms with Crippen molar-refractivity contribution >= 4 is 66.6 Å². The Balaban J connectivity index is 0.000000171. The van der Waals surface area contributed by atoms with Gasteiger partial charge in [-0.15, -0.1) is 11.3 Å². The Morgan fingerprint density at radius 3 is 1.91 bits per heavy atom. The van der Waals surface area contributed by atoms with Crippen LogP contribution in [0.25, 0.3) is 54.8 Å². The van der Waals surface area contributed by atoms with Crippen LogP contribution in [0.5, 0.6) is 0 Å². The van der Waals surface area contributed by atoms with Crippen molar-refractivity contribution in [3.05, 3.63) is 214 Å². The Bertz CT molecular complexity index is 3410. The van der Waals surface area contributed by atoms with Gasteiger partial charge in [-0.2, -0.15) is 0 Å². The first kappa shape index (κ1) is 41.7. The summed E-state index contributed by atoms with van der Waals surface area (Å²) >= 11 is 1.98. The highest BCUT2D eigenvalue weighted by atomic mass is 32.1. The molecule has 0 radical (unpaired) electrons. The Morgan fingerprint density at radius 1 is 0.582 bits per heavy atom. The van der Waals surface area contributed by atoms with E-state index in [1.807, 2.05) is 11.3 Å². The van der Waals surface area contributed by atoms with Crippen LogP contribution in [0.2, 0.25) is 0 Å². The van der Waals surface area contributed by atoms with E-state index in [2.05, 4.69) is 234 Å². The Hall–Kier alpha value is -6.68. The van der Waals surface area contributed by atoms with E-state index in [9.17, 15) is 0 Å². The Labute approximate surface area is 400 Å². The van der Waals surface area contributed by atoms with Crippen LogP contribution < -0.4 is 9.80 Å². The number of hydrogen-bond donors (Lipinski definition) is 0. The highest BCUT2D eigenvalue weighted by Gasteiger charge is 2.38. The molecule has 2 nitrogen and oxygen atoms in total. The van der Waals surface area contributed by atoms with Crippen LogP contribution in [-0.2, 0) is 10.8 Å². The second-order valence-corrected chi connectivity index (χ2v) is 21.6. The average molecular weight is 887 g/mol. The van der Waals surface area contributed by atoms with Gasteiger partial charge in [0.2, 0.25) is 0 Å². The third-order valence-corrected chi connectivity index (χ3v) is 16.8. The predicted molar refractivity (Wildman–Crippen MR) is 289 cm³/mol. The molecule has 8 aromatic rings. The molecular formula is C64H58N2S. The number of benzene rings is 7. The normalized spacial score (nSPS) is 18.7.